The zero-order valence-corrected chi connectivity index (χ0v) is 6.99. The normalized spacial score (nSPS) is 12.2. The lowest BCUT2D eigenvalue weighted by Gasteiger charge is -2.16. The summed E-state index contributed by atoms with van der Waals surface area (Å²) >= 11 is 0. The van der Waals surface area contributed by atoms with E-state index >= 15 is 0 Å². The highest BCUT2D eigenvalue weighted by atomic mass is 32.2. The van der Waals surface area contributed by atoms with Crippen LogP contribution in [-0.2, 0) is 10.0 Å². The van der Waals surface area contributed by atoms with E-state index in [1.54, 1.807) is 4.72 Å². The third-order valence-corrected chi connectivity index (χ3v) is 2.96. The van der Waals surface area contributed by atoms with Crippen molar-refractivity contribution in [2.75, 3.05) is 0 Å². The van der Waals surface area contributed by atoms with Crippen molar-refractivity contribution < 1.29 is 8.42 Å². The van der Waals surface area contributed by atoms with E-state index in [1.807, 2.05) is 0 Å². The number of nitrogens with zero attached hydrogens (tertiary/aromatic N) is 1. The molecule has 0 bridgehead atoms. The van der Waals surface area contributed by atoms with Crippen LogP contribution in [0.2, 0.25) is 0 Å². The van der Waals surface area contributed by atoms with Gasteiger partial charge in [-0.3, -0.25) is 0 Å². The summed E-state index contributed by atoms with van der Waals surface area (Å²) in [6, 6.07) is 0. The molecule has 0 aromatic heterocycles. The molecule has 4 nitrogen and oxygen atoms in total. The lowest BCUT2D eigenvalue weighted by Crippen LogP contribution is -2.36. The summed E-state index contributed by atoms with van der Waals surface area (Å²) in [5, 5.41) is 8.02. The van der Waals surface area contributed by atoms with Crippen molar-refractivity contribution in [1.29, 1.82) is 5.26 Å². The van der Waals surface area contributed by atoms with E-state index in [0.717, 1.165) is 0 Å². The van der Waals surface area contributed by atoms with Crippen LogP contribution in [0, 0.1) is 11.5 Å². The monoisotopic (exact) mass is 162 g/mol. The summed E-state index contributed by atoms with van der Waals surface area (Å²) < 4.78 is 22.7. The minimum atomic E-state index is -3.46. The van der Waals surface area contributed by atoms with Gasteiger partial charge in [0.2, 0.25) is 10.0 Å². The zero-order valence-electron chi connectivity index (χ0n) is 6.17. The first-order valence-corrected chi connectivity index (χ1v) is 4.20. The summed E-state index contributed by atoms with van der Waals surface area (Å²) in [6.45, 7) is 4.56. The molecule has 0 aliphatic carbocycles. The second-order valence-corrected chi connectivity index (χ2v) is 5.27. The largest absolute Gasteiger partial charge is 0.245 e. The van der Waals surface area contributed by atoms with Crippen LogP contribution in [0.1, 0.15) is 20.8 Å². The van der Waals surface area contributed by atoms with Gasteiger partial charge in [-0.1, -0.05) is 0 Å². The Morgan fingerprint density at radius 2 is 1.80 bits per heavy atom. The topological polar surface area (TPSA) is 70.0 Å². The van der Waals surface area contributed by atoms with Gasteiger partial charge in [0.05, 0.1) is 4.75 Å². The zero-order chi connectivity index (χ0) is 8.41. The molecule has 0 atom stereocenters. The summed E-state index contributed by atoms with van der Waals surface area (Å²) in [5.74, 6) is 0. The van der Waals surface area contributed by atoms with Gasteiger partial charge in [0.1, 0.15) is 0 Å². The van der Waals surface area contributed by atoms with E-state index in [9.17, 15) is 8.42 Å². The maximum Gasteiger partial charge on any atom is 0.245 e. The Morgan fingerprint density at radius 1 is 1.40 bits per heavy atom. The van der Waals surface area contributed by atoms with Gasteiger partial charge < -0.3 is 0 Å². The van der Waals surface area contributed by atoms with Crippen molar-refractivity contribution in [3.05, 3.63) is 0 Å². The van der Waals surface area contributed by atoms with Crippen LogP contribution in [0.3, 0.4) is 0 Å². The van der Waals surface area contributed by atoms with Crippen LogP contribution in [0.25, 0.3) is 0 Å². The van der Waals surface area contributed by atoms with Crippen molar-refractivity contribution in [3.8, 4) is 6.19 Å². The molecule has 0 amide bonds. The Balaban J connectivity index is 4.65. The summed E-state index contributed by atoms with van der Waals surface area (Å²) in [4.78, 5) is 0. The molecule has 0 saturated heterocycles. The third kappa shape index (κ3) is 1.88. The molecule has 0 fully saturated rings. The van der Waals surface area contributed by atoms with Crippen LogP contribution >= 0.6 is 0 Å². The fourth-order valence-corrected chi connectivity index (χ4v) is 0.640. The van der Waals surface area contributed by atoms with Crippen molar-refractivity contribution in [2.24, 2.45) is 0 Å². The molecule has 0 aromatic rings. The van der Waals surface area contributed by atoms with E-state index in [4.69, 9.17) is 5.26 Å². The van der Waals surface area contributed by atoms with Gasteiger partial charge in [-0.2, -0.15) is 5.26 Å². The molecule has 0 saturated carbocycles. The lowest BCUT2D eigenvalue weighted by molar-refractivity contribution is 0.555. The standard InChI is InChI=1S/C5H10N2O2S/c1-5(2,3)10(8,9)7-4-6/h7H,1-3H3. The fourth-order valence-electron chi connectivity index (χ4n) is 0.213. The molecule has 58 valence electrons. The minimum absolute atomic E-state index is 0.914. The lowest BCUT2D eigenvalue weighted by atomic mass is 10.3. The fraction of sp³-hybridized carbons (Fsp3) is 0.800. The van der Waals surface area contributed by atoms with Gasteiger partial charge in [-0.05, 0) is 20.8 Å². The first-order valence-electron chi connectivity index (χ1n) is 2.72. The number of rotatable bonds is 1. The molecule has 0 aliphatic heterocycles. The summed E-state index contributed by atoms with van der Waals surface area (Å²) in [6.07, 6.45) is 1.38. The van der Waals surface area contributed by atoms with E-state index in [2.05, 4.69) is 0 Å². The Morgan fingerprint density at radius 3 is 1.90 bits per heavy atom. The first kappa shape index (κ1) is 9.24. The predicted molar refractivity (Wildman–Crippen MR) is 37.4 cm³/mol. The van der Waals surface area contributed by atoms with Crippen LogP contribution < -0.4 is 4.72 Å². The van der Waals surface area contributed by atoms with Gasteiger partial charge in [-0.25, -0.2) is 13.1 Å². The number of hydrogen-bond donors (Lipinski definition) is 1. The molecule has 0 heterocycles. The third-order valence-electron chi connectivity index (χ3n) is 0.986. The molecule has 0 unspecified atom stereocenters. The highest BCUT2D eigenvalue weighted by Crippen LogP contribution is 2.11. The molecule has 5 heteroatoms. The Kier molecular flexibility index (Phi) is 2.28. The number of nitrogens with one attached hydrogen (secondary N) is 1. The Hall–Kier alpha value is -0.760. The van der Waals surface area contributed by atoms with E-state index in [1.165, 1.54) is 27.0 Å². The Bertz CT molecular complexity index is 242. The molecule has 1 N–H and O–H groups in total. The molecule has 0 aliphatic rings. The predicted octanol–water partition coefficient (Wildman–Crippen LogP) is 0.185. The van der Waals surface area contributed by atoms with E-state index in [-0.39, 0.29) is 0 Å². The number of hydrogen-bond acceptors (Lipinski definition) is 3. The SMILES string of the molecule is CC(C)(C)S(=O)(=O)NC#N. The second-order valence-electron chi connectivity index (χ2n) is 2.83. The molecular formula is C5H10N2O2S. The van der Waals surface area contributed by atoms with Crippen LogP contribution in [0.5, 0.6) is 0 Å². The van der Waals surface area contributed by atoms with Crippen LogP contribution in [-0.4, -0.2) is 13.2 Å². The van der Waals surface area contributed by atoms with Crippen molar-refractivity contribution in [2.45, 2.75) is 25.5 Å². The second kappa shape index (κ2) is 2.46. The number of nitriles is 1. The molecule has 0 rings (SSSR count). The molecule has 0 spiro atoms. The van der Waals surface area contributed by atoms with E-state index in [0.29, 0.717) is 0 Å². The maximum absolute atomic E-state index is 10.9. The molecular weight excluding hydrogens is 152 g/mol. The van der Waals surface area contributed by atoms with Gasteiger partial charge in [0.15, 0.2) is 6.19 Å². The van der Waals surface area contributed by atoms with Gasteiger partial charge >= 0.3 is 0 Å². The molecule has 0 aromatic carbocycles. The van der Waals surface area contributed by atoms with Crippen LogP contribution in [0.4, 0.5) is 0 Å². The highest BCUT2D eigenvalue weighted by molar-refractivity contribution is 7.91. The molecule has 0 radical (unpaired) electrons. The van der Waals surface area contributed by atoms with Crippen LogP contribution in [0.15, 0.2) is 0 Å². The smallest absolute Gasteiger partial charge is 0.219 e. The van der Waals surface area contributed by atoms with Gasteiger partial charge in [0.25, 0.3) is 0 Å². The average Bonchev–Trinajstić information content (AvgIpc) is 1.61. The summed E-state index contributed by atoms with van der Waals surface area (Å²) in [5.41, 5.74) is 0. The minimum Gasteiger partial charge on any atom is -0.219 e. The highest BCUT2D eigenvalue weighted by Gasteiger charge is 2.28. The Labute approximate surface area is 60.9 Å². The van der Waals surface area contributed by atoms with Gasteiger partial charge in [-0.15, -0.1) is 0 Å². The summed E-state index contributed by atoms with van der Waals surface area (Å²) in [7, 11) is -3.46. The van der Waals surface area contributed by atoms with E-state index < -0.39 is 14.8 Å². The van der Waals surface area contributed by atoms with Crippen molar-refractivity contribution >= 4 is 10.0 Å². The molecule has 10 heavy (non-hydrogen) atoms. The first-order chi connectivity index (χ1) is 4.31. The number of sulfonamides is 1. The van der Waals surface area contributed by atoms with Crippen molar-refractivity contribution in [1.82, 2.24) is 4.72 Å². The van der Waals surface area contributed by atoms with Crippen molar-refractivity contribution in [3.63, 3.8) is 0 Å². The quantitative estimate of drug-likeness (QED) is 0.442. The average molecular weight is 162 g/mol. The maximum atomic E-state index is 10.9. The van der Waals surface area contributed by atoms with Gasteiger partial charge in [0, 0.05) is 0 Å².